The van der Waals surface area contributed by atoms with E-state index in [9.17, 15) is 4.79 Å². The van der Waals surface area contributed by atoms with E-state index in [4.69, 9.17) is 4.52 Å². The Morgan fingerprint density at radius 3 is 3.00 bits per heavy atom. The molecule has 76 valence electrons. The zero-order valence-electron chi connectivity index (χ0n) is 8.49. The van der Waals surface area contributed by atoms with Crippen LogP contribution in [0.4, 0.5) is 0 Å². The third kappa shape index (κ3) is 1.52. The Labute approximate surface area is 82.9 Å². The minimum atomic E-state index is -0.0237. The van der Waals surface area contributed by atoms with E-state index in [-0.39, 0.29) is 5.91 Å². The van der Waals surface area contributed by atoms with Crippen LogP contribution < -0.4 is 0 Å². The Kier molecular flexibility index (Phi) is 2.27. The number of likely N-dealkylation sites (tertiary alicyclic amines) is 1. The van der Waals surface area contributed by atoms with Crippen molar-refractivity contribution in [3.05, 3.63) is 17.5 Å². The standard InChI is InChI=1S/C10H14N2O2/c1-7-3-4-12(6-7)10(13)9-8(2)5-11-14-9/h5,7H,3-4,6H2,1-2H3. The van der Waals surface area contributed by atoms with Crippen molar-refractivity contribution in [1.29, 1.82) is 0 Å². The number of hydrogen-bond donors (Lipinski definition) is 0. The molecule has 1 aliphatic rings. The van der Waals surface area contributed by atoms with Gasteiger partial charge in [0.25, 0.3) is 5.91 Å². The highest BCUT2D eigenvalue weighted by molar-refractivity contribution is 5.92. The number of hydrogen-bond acceptors (Lipinski definition) is 3. The van der Waals surface area contributed by atoms with E-state index in [0.29, 0.717) is 11.7 Å². The molecule has 0 bridgehead atoms. The van der Waals surface area contributed by atoms with E-state index in [1.807, 2.05) is 11.8 Å². The minimum absolute atomic E-state index is 0.0237. The van der Waals surface area contributed by atoms with Gasteiger partial charge in [-0.05, 0) is 19.3 Å². The van der Waals surface area contributed by atoms with Gasteiger partial charge < -0.3 is 9.42 Å². The van der Waals surface area contributed by atoms with Gasteiger partial charge in [-0.1, -0.05) is 12.1 Å². The maximum Gasteiger partial charge on any atom is 0.292 e. The molecule has 0 aromatic carbocycles. The van der Waals surface area contributed by atoms with Crippen molar-refractivity contribution in [3.8, 4) is 0 Å². The summed E-state index contributed by atoms with van der Waals surface area (Å²) in [6.45, 7) is 5.66. The molecular weight excluding hydrogens is 180 g/mol. The molecule has 1 aliphatic heterocycles. The Balaban J connectivity index is 2.13. The van der Waals surface area contributed by atoms with Crippen LogP contribution in [0.15, 0.2) is 10.7 Å². The van der Waals surface area contributed by atoms with Gasteiger partial charge in [0.1, 0.15) is 0 Å². The summed E-state index contributed by atoms with van der Waals surface area (Å²) in [7, 11) is 0. The zero-order chi connectivity index (χ0) is 10.1. The van der Waals surface area contributed by atoms with Crippen LogP contribution in [-0.4, -0.2) is 29.1 Å². The van der Waals surface area contributed by atoms with Crippen molar-refractivity contribution in [2.24, 2.45) is 5.92 Å². The molecule has 0 N–H and O–H groups in total. The Bertz CT molecular complexity index is 346. The second-order valence-corrected chi connectivity index (χ2v) is 3.98. The van der Waals surface area contributed by atoms with Crippen LogP contribution in [0.5, 0.6) is 0 Å². The van der Waals surface area contributed by atoms with E-state index < -0.39 is 0 Å². The summed E-state index contributed by atoms with van der Waals surface area (Å²) in [6, 6.07) is 0. The molecule has 1 atom stereocenters. The third-order valence-corrected chi connectivity index (χ3v) is 2.65. The van der Waals surface area contributed by atoms with Gasteiger partial charge in [-0.2, -0.15) is 0 Å². The van der Waals surface area contributed by atoms with Gasteiger partial charge >= 0.3 is 0 Å². The van der Waals surface area contributed by atoms with Gasteiger partial charge in [-0.15, -0.1) is 0 Å². The molecule has 4 heteroatoms. The molecule has 0 saturated carbocycles. The third-order valence-electron chi connectivity index (χ3n) is 2.65. The van der Waals surface area contributed by atoms with Crippen LogP contribution in [0.2, 0.25) is 0 Å². The average molecular weight is 194 g/mol. The molecule has 0 radical (unpaired) electrons. The number of aryl methyl sites for hydroxylation is 1. The molecule has 1 fully saturated rings. The van der Waals surface area contributed by atoms with Crippen molar-refractivity contribution in [3.63, 3.8) is 0 Å². The second kappa shape index (κ2) is 3.44. The molecule has 1 saturated heterocycles. The Hall–Kier alpha value is -1.32. The van der Waals surface area contributed by atoms with Crippen molar-refractivity contribution in [2.45, 2.75) is 20.3 Å². The van der Waals surface area contributed by atoms with Crippen LogP contribution in [-0.2, 0) is 0 Å². The van der Waals surface area contributed by atoms with E-state index >= 15 is 0 Å². The van der Waals surface area contributed by atoms with Crippen LogP contribution in [0.1, 0.15) is 29.5 Å². The van der Waals surface area contributed by atoms with E-state index in [1.54, 1.807) is 6.20 Å². The number of carbonyl (C=O) groups is 1. The first kappa shape index (κ1) is 9.24. The highest BCUT2D eigenvalue weighted by Gasteiger charge is 2.27. The number of rotatable bonds is 1. The van der Waals surface area contributed by atoms with Gasteiger partial charge in [0.05, 0.1) is 6.20 Å². The van der Waals surface area contributed by atoms with Crippen molar-refractivity contribution in [2.75, 3.05) is 13.1 Å². The quantitative estimate of drug-likeness (QED) is 0.680. The topological polar surface area (TPSA) is 46.3 Å². The smallest absolute Gasteiger partial charge is 0.292 e. The molecule has 4 nitrogen and oxygen atoms in total. The van der Waals surface area contributed by atoms with Crippen molar-refractivity contribution >= 4 is 5.91 Å². The van der Waals surface area contributed by atoms with Gasteiger partial charge in [0.2, 0.25) is 5.76 Å². The summed E-state index contributed by atoms with van der Waals surface area (Å²) >= 11 is 0. The fourth-order valence-corrected chi connectivity index (χ4v) is 1.76. The lowest BCUT2D eigenvalue weighted by Crippen LogP contribution is -2.28. The number of aromatic nitrogens is 1. The van der Waals surface area contributed by atoms with Crippen LogP contribution in [0.3, 0.4) is 0 Å². The molecule has 0 aliphatic carbocycles. The van der Waals surface area contributed by atoms with E-state index in [2.05, 4.69) is 12.1 Å². The van der Waals surface area contributed by atoms with Crippen LogP contribution in [0, 0.1) is 12.8 Å². The Morgan fingerprint density at radius 1 is 1.71 bits per heavy atom. The van der Waals surface area contributed by atoms with Gasteiger partial charge in [0, 0.05) is 18.7 Å². The highest BCUT2D eigenvalue weighted by Crippen LogP contribution is 2.19. The monoisotopic (exact) mass is 194 g/mol. The van der Waals surface area contributed by atoms with E-state index in [1.165, 1.54) is 0 Å². The summed E-state index contributed by atoms with van der Waals surface area (Å²) in [4.78, 5) is 13.7. The first-order valence-electron chi connectivity index (χ1n) is 4.89. The maximum atomic E-state index is 11.9. The molecular formula is C10H14N2O2. The summed E-state index contributed by atoms with van der Waals surface area (Å²) in [5.41, 5.74) is 0.814. The van der Waals surface area contributed by atoms with Crippen LogP contribution in [0.25, 0.3) is 0 Å². The average Bonchev–Trinajstić information content (AvgIpc) is 2.73. The van der Waals surface area contributed by atoms with Gasteiger partial charge in [-0.3, -0.25) is 4.79 Å². The first-order chi connectivity index (χ1) is 6.68. The second-order valence-electron chi connectivity index (χ2n) is 3.98. The molecule has 1 aromatic heterocycles. The predicted molar refractivity (Wildman–Crippen MR) is 50.9 cm³/mol. The highest BCUT2D eigenvalue weighted by atomic mass is 16.5. The lowest BCUT2D eigenvalue weighted by molar-refractivity contribution is 0.0745. The normalized spacial score (nSPS) is 21.6. The summed E-state index contributed by atoms with van der Waals surface area (Å²) in [6.07, 6.45) is 2.66. The lowest BCUT2D eigenvalue weighted by Gasteiger charge is -2.13. The maximum absolute atomic E-state index is 11.9. The fraction of sp³-hybridized carbons (Fsp3) is 0.600. The SMILES string of the molecule is Cc1cnoc1C(=O)N1CCC(C)C1. The number of nitrogens with zero attached hydrogens (tertiary/aromatic N) is 2. The molecule has 0 spiro atoms. The summed E-state index contributed by atoms with van der Waals surface area (Å²) in [5.74, 6) is 0.964. The molecule has 2 rings (SSSR count). The van der Waals surface area contributed by atoms with Crippen LogP contribution >= 0.6 is 0 Å². The van der Waals surface area contributed by atoms with Crippen molar-refractivity contribution < 1.29 is 9.32 Å². The minimum Gasteiger partial charge on any atom is -0.351 e. The molecule has 1 amide bonds. The Morgan fingerprint density at radius 2 is 2.50 bits per heavy atom. The summed E-state index contributed by atoms with van der Waals surface area (Å²) < 4.78 is 4.93. The van der Waals surface area contributed by atoms with Gasteiger partial charge in [0.15, 0.2) is 0 Å². The fourth-order valence-electron chi connectivity index (χ4n) is 1.76. The number of amides is 1. The van der Waals surface area contributed by atoms with E-state index in [0.717, 1.165) is 25.1 Å². The lowest BCUT2D eigenvalue weighted by atomic mass is 10.2. The molecule has 2 heterocycles. The van der Waals surface area contributed by atoms with Gasteiger partial charge in [-0.25, -0.2) is 0 Å². The first-order valence-corrected chi connectivity index (χ1v) is 4.89. The van der Waals surface area contributed by atoms with Crippen molar-refractivity contribution in [1.82, 2.24) is 10.1 Å². The predicted octanol–water partition coefficient (Wildman–Crippen LogP) is 1.47. The number of carbonyl (C=O) groups excluding carboxylic acids is 1. The molecule has 14 heavy (non-hydrogen) atoms. The largest absolute Gasteiger partial charge is 0.351 e. The molecule has 1 aromatic rings. The summed E-state index contributed by atoms with van der Waals surface area (Å²) in [5, 5.41) is 3.61. The molecule has 1 unspecified atom stereocenters. The zero-order valence-corrected chi connectivity index (χ0v) is 8.49.